The molecule has 2 heterocycles. The molecule has 3 rings (SSSR count). The van der Waals surface area contributed by atoms with Gasteiger partial charge in [0.15, 0.2) is 0 Å². The van der Waals surface area contributed by atoms with E-state index in [4.69, 9.17) is 0 Å². The highest BCUT2D eigenvalue weighted by molar-refractivity contribution is 6.09. The Morgan fingerprint density at radius 3 is 2.57 bits per heavy atom. The van der Waals surface area contributed by atoms with Gasteiger partial charge in [-0.1, -0.05) is 30.3 Å². The van der Waals surface area contributed by atoms with Crippen LogP contribution in [0.3, 0.4) is 0 Å². The van der Waals surface area contributed by atoms with Gasteiger partial charge in [-0.2, -0.15) is 5.01 Å². The van der Waals surface area contributed by atoms with Crippen LogP contribution < -0.4 is 10.7 Å². The van der Waals surface area contributed by atoms with E-state index in [9.17, 15) is 14.4 Å². The largest absolute Gasteiger partial charge is 0.344 e. The first-order valence-electron chi connectivity index (χ1n) is 6.96. The molecule has 23 heavy (non-hydrogen) atoms. The standard InChI is InChI=1S/C15H15N5O3/c1-9-16-8-11(17-9)12(21)19-20-13(22)15(2,18-14(20)23)10-6-4-3-5-7-10/h3-8H,1-2H3,(H,16,17)(H,18,23)(H,19,21). The van der Waals surface area contributed by atoms with E-state index in [1.165, 1.54) is 6.20 Å². The van der Waals surface area contributed by atoms with Crippen LogP contribution in [0.15, 0.2) is 36.5 Å². The lowest BCUT2D eigenvalue weighted by Gasteiger charge is -2.21. The molecule has 118 valence electrons. The van der Waals surface area contributed by atoms with Gasteiger partial charge in [0.25, 0.3) is 11.8 Å². The maximum atomic E-state index is 12.6. The Kier molecular flexibility index (Phi) is 3.36. The van der Waals surface area contributed by atoms with Crippen molar-refractivity contribution in [1.82, 2.24) is 25.7 Å². The molecule has 1 aliphatic rings. The van der Waals surface area contributed by atoms with Crippen LogP contribution in [0.2, 0.25) is 0 Å². The first-order chi connectivity index (χ1) is 10.9. The Morgan fingerprint density at radius 1 is 1.26 bits per heavy atom. The van der Waals surface area contributed by atoms with Crippen LogP contribution in [0.25, 0.3) is 0 Å². The molecule has 1 aromatic heterocycles. The number of imidazole rings is 1. The van der Waals surface area contributed by atoms with Crippen molar-refractivity contribution in [2.24, 2.45) is 0 Å². The zero-order valence-corrected chi connectivity index (χ0v) is 12.6. The predicted molar refractivity (Wildman–Crippen MR) is 80.0 cm³/mol. The molecular weight excluding hydrogens is 298 g/mol. The second kappa shape index (κ2) is 5.24. The van der Waals surface area contributed by atoms with E-state index >= 15 is 0 Å². The number of H-pyrrole nitrogens is 1. The summed E-state index contributed by atoms with van der Waals surface area (Å²) in [4.78, 5) is 43.5. The van der Waals surface area contributed by atoms with Crippen LogP contribution >= 0.6 is 0 Å². The number of aromatic amines is 1. The Labute approximate surface area is 131 Å². The van der Waals surface area contributed by atoms with Crippen LogP contribution in [0.4, 0.5) is 4.79 Å². The third-order valence-corrected chi connectivity index (χ3v) is 3.70. The van der Waals surface area contributed by atoms with Crippen LogP contribution in [0.1, 0.15) is 28.8 Å². The molecule has 4 amide bonds. The molecule has 0 radical (unpaired) electrons. The summed E-state index contributed by atoms with van der Waals surface area (Å²) in [5, 5.41) is 3.29. The van der Waals surface area contributed by atoms with Gasteiger partial charge in [0.1, 0.15) is 17.1 Å². The number of nitrogens with one attached hydrogen (secondary N) is 3. The predicted octanol–water partition coefficient (Wildman–Crippen LogP) is 0.830. The Bertz CT molecular complexity index is 785. The number of aryl methyl sites for hydroxylation is 1. The zero-order valence-electron chi connectivity index (χ0n) is 12.6. The van der Waals surface area contributed by atoms with Gasteiger partial charge in [0, 0.05) is 0 Å². The van der Waals surface area contributed by atoms with E-state index in [0.29, 0.717) is 16.4 Å². The van der Waals surface area contributed by atoms with Gasteiger partial charge >= 0.3 is 6.03 Å². The van der Waals surface area contributed by atoms with Crippen LogP contribution in [-0.4, -0.2) is 32.8 Å². The van der Waals surface area contributed by atoms with Gasteiger partial charge in [-0.25, -0.2) is 9.78 Å². The number of rotatable bonds is 3. The van der Waals surface area contributed by atoms with Crippen molar-refractivity contribution in [2.45, 2.75) is 19.4 Å². The minimum atomic E-state index is -1.23. The van der Waals surface area contributed by atoms with Gasteiger partial charge in [-0.3, -0.25) is 15.0 Å². The summed E-state index contributed by atoms with van der Waals surface area (Å²) in [6.45, 7) is 3.28. The van der Waals surface area contributed by atoms with Crippen molar-refractivity contribution in [3.05, 3.63) is 53.6 Å². The molecule has 0 aliphatic carbocycles. The highest BCUT2D eigenvalue weighted by Crippen LogP contribution is 2.27. The summed E-state index contributed by atoms with van der Waals surface area (Å²) in [5.74, 6) is -0.619. The summed E-state index contributed by atoms with van der Waals surface area (Å²) in [5.41, 5.74) is 1.86. The molecule has 1 fully saturated rings. The molecule has 0 spiro atoms. The number of amides is 4. The number of aromatic nitrogens is 2. The minimum Gasteiger partial charge on any atom is -0.338 e. The summed E-state index contributed by atoms with van der Waals surface area (Å²) in [6.07, 6.45) is 1.33. The summed E-state index contributed by atoms with van der Waals surface area (Å²) < 4.78 is 0. The van der Waals surface area contributed by atoms with E-state index < -0.39 is 23.4 Å². The fraction of sp³-hybridized carbons (Fsp3) is 0.200. The molecule has 8 heteroatoms. The van der Waals surface area contributed by atoms with Gasteiger partial charge in [-0.05, 0) is 19.4 Å². The first-order valence-corrected chi connectivity index (χ1v) is 6.96. The third kappa shape index (κ3) is 2.44. The topological polar surface area (TPSA) is 107 Å². The maximum absolute atomic E-state index is 12.6. The van der Waals surface area contributed by atoms with Gasteiger partial charge in [0.2, 0.25) is 0 Å². The summed E-state index contributed by atoms with van der Waals surface area (Å²) in [6, 6.07) is 8.15. The normalized spacial score (nSPS) is 20.5. The van der Waals surface area contributed by atoms with Crippen molar-refractivity contribution in [3.63, 3.8) is 0 Å². The van der Waals surface area contributed by atoms with Crippen molar-refractivity contribution < 1.29 is 14.4 Å². The molecule has 2 aromatic rings. The van der Waals surface area contributed by atoms with Crippen molar-refractivity contribution in [3.8, 4) is 0 Å². The number of nitrogens with zero attached hydrogens (tertiary/aromatic N) is 2. The number of hydrogen-bond donors (Lipinski definition) is 3. The fourth-order valence-electron chi connectivity index (χ4n) is 2.41. The highest BCUT2D eigenvalue weighted by Gasteiger charge is 2.50. The lowest BCUT2D eigenvalue weighted by molar-refractivity contribution is -0.132. The van der Waals surface area contributed by atoms with Crippen LogP contribution in [-0.2, 0) is 10.3 Å². The maximum Gasteiger partial charge on any atom is 0.344 e. The molecule has 1 aromatic carbocycles. The van der Waals surface area contributed by atoms with Gasteiger partial charge < -0.3 is 10.3 Å². The number of urea groups is 1. The molecule has 0 saturated carbocycles. The highest BCUT2D eigenvalue weighted by atomic mass is 16.2. The zero-order chi connectivity index (χ0) is 16.6. The van der Waals surface area contributed by atoms with Crippen molar-refractivity contribution in [2.75, 3.05) is 0 Å². The number of benzene rings is 1. The van der Waals surface area contributed by atoms with Gasteiger partial charge in [-0.15, -0.1) is 0 Å². The average Bonchev–Trinajstić information content (AvgIpc) is 3.06. The van der Waals surface area contributed by atoms with E-state index in [2.05, 4.69) is 20.7 Å². The smallest absolute Gasteiger partial charge is 0.338 e. The second-order valence-electron chi connectivity index (χ2n) is 5.38. The molecule has 1 unspecified atom stereocenters. The van der Waals surface area contributed by atoms with Crippen molar-refractivity contribution >= 4 is 17.8 Å². The van der Waals surface area contributed by atoms with Crippen LogP contribution in [0.5, 0.6) is 0 Å². The van der Waals surface area contributed by atoms with E-state index in [1.807, 2.05) is 6.07 Å². The Hall–Kier alpha value is -3.16. The molecule has 1 aliphatic heterocycles. The number of carbonyl (C=O) groups is 3. The minimum absolute atomic E-state index is 0.163. The molecular formula is C15H15N5O3. The number of hydrogen-bond acceptors (Lipinski definition) is 4. The quantitative estimate of drug-likeness (QED) is 0.729. The summed E-state index contributed by atoms with van der Waals surface area (Å²) in [7, 11) is 0. The molecule has 1 saturated heterocycles. The molecule has 1 atom stereocenters. The number of carbonyl (C=O) groups excluding carboxylic acids is 3. The number of hydrazine groups is 1. The monoisotopic (exact) mass is 313 g/mol. The van der Waals surface area contributed by atoms with E-state index in [0.717, 1.165) is 0 Å². The molecule has 8 nitrogen and oxygen atoms in total. The van der Waals surface area contributed by atoms with Crippen LogP contribution in [0, 0.1) is 6.92 Å². The molecule has 3 N–H and O–H groups in total. The van der Waals surface area contributed by atoms with E-state index in [1.54, 1.807) is 38.1 Å². The first kappa shape index (κ1) is 14.8. The Balaban J connectivity index is 1.83. The molecule has 0 bridgehead atoms. The number of imide groups is 1. The van der Waals surface area contributed by atoms with E-state index in [-0.39, 0.29) is 5.69 Å². The Morgan fingerprint density at radius 2 is 1.96 bits per heavy atom. The third-order valence-electron chi connectivity index (χ3n) is 3.70. The SMILES string of the molecule is Cc1ncc(C(=O)NN2C(=O)NC(C)(c3ccccc3)C2=O)[nH]1. The average molecular weight is 313 g/mol. The lowest BCUT2D eigenvalue weighted by Crippen LogP contribution is -2.48. The fourth-order valence-corrected chi connectivity index (χ4v) is 2.41. The second-order valence-corrected chi connectivity index (χ2v) is 5.38. The van der Waals surface area contributed by atoms with Crippen molar-refractivity contribution in [1.29, 1.82) is 0 Å². The summed E-state index contributed by atoms with van der Waals surface area (Å²) >= 11 is 0. The lowest BCUT2D eigenvalue weighted by atomic mass is 9.92. The van der Waals surface area contributed by atoms with Gasteiger partial charge in [0.05, 0.1) is 6.20 Å².